The van der Waals surface area contributed by atoms with Gasteiger partial charge in [0.1, 0.15) is 5.82 Å². The summed E-state index contributed by atoms with van der Waals surface area (Å²) in [5.74, 6) is 1.07. The van der Waals surface area contributed by atoms with Crippen LogP contribution < -0.4 is 10.6 Å². The lowest BCUT2D eigenvalue weighted by Crippen LogP contribution is -2.52. The van der Waals surface area contributed by atoms with E-state index in [4.69, 9.17) is 10.5 Å². The Morgan fingerprint density at radius 2 is 2.30 bits per heavy atom. The second-order valence-corrected chi connectivity index (χ2v) is 6.43. The van der Waals surface area contributed by atoms with Crippen molar-refractivity contribution in [1.29, 1.82) is 0 Å². The van der Waals surface area contributed by atoms with Crippen LogP contribution in [0.3, 0.4) is 0 Å². The average Bonchev–Trinajstić information content (AvgIpc) is 2.36. The molecular weight excluding hydrogens is 250 g/mol. The maximum absolute atomic E-state index is 6.11. The molecule has 2 unspecified atom stereocenters. The molecule has 2 N–H and O–H groups in total. The zero-order chi connectivity index (χ0) is 14.8. The zero-order valence-electron chi connectivity index (χ0n) is 13.1. The lowest BCUT2D eigenvalue weighted by atomic mass is 10.0. The summed E-state index contributed by atoms with van der Waals surface area (Å²) in [6.45, 7) is 10.3. The first-order chi connectivity index (χ1) is 9.41. The van der Waals surface area contributed by atoms with E-state index in [9.17, 15) is 0 Å². The molecule has 1 aromatic rings. The summed E-state index contributed by atoms with van der Waals surface area (Å²) >= 11 is 0. The number of hydrogen-bond donors (Lipinski definition) is 1. The van der Waals surface area contributed by atoms with Gasteiger partial charge in [-0.15, -0.1) is 0 Å². The predicted molar refractivity (Wildman–Crippen MR) is 83.0 cm³/mol. The minimum absolute atomic E-state index is 0.140. The van der Waals surface area contributed by atoms with Gasteiger partial charge >= 0.3 is 0 Å². The molecule has 0 spiro atoms. The fourth-order valence-corrected chi connectivity index (χ4v) is 2.92. The van der Waals surface area contributed by atoms with Crippen molar-refractivity contribution in [1.82, 2.24) is 4.98 Å². The molecule has 4 heteroatoms. The van der Waals surface area contributed by atoms with Crippen molar-refractivity contribution in [3.8, 4) is 0 Å². The highest BCUT2D eigenvalue weighted by Crippen LogP contribution is 2.27. The summed E-state index contributed by atoms with van der Waals surface area (Å²) in [6.07, 6.45) is 3.95. The summed E-state index contributed by atoms with van der Waals surface area (Å²) in [4.78, 5) is 6.94. The normalized spacial score (nSPS) is 23.6. The van der Waals surface area contributed by atoms with Crippen LogP contribution in [0.25, 0.3) is 0 Å². The monoisotopic (exact) mass is 277 g/mol. The third-order valence-electron chi connectivity index (χ3n) is 3.74. The van der Waals surface area contributed by atoms with E-state index in [2.05, 4.69) is 43.6 Å². The Balaban J connectivity index is 2.23. The minimum Gasteiger partial charge on any atom is -0.369 e. The van der Waals surface area contributed by atoms with E-state index in [0.717, 1.165) is 31.7 Å². The number of anilines is 1. The van der Waals surface area contributed by atoms with Gasteiger partial charge in [0.05, 0.1) is 11.7 Å². The van der Waals surface area contributed by atoms with Crippen LogP contribution in [-0.2, 0) is 11.2 Å². The number of aromatic nitrogens is 1. The molecule has 0 aromatic carbocycles. The molecular formula is C16H27N3O. The Kier molecular flexibility index (Phi) is 4.66. The van der Waals surface area contributed by atoms with Gasteiger partial charge < -0.3 is 15.4 Å². The Hall–Kier alpha value is -1.13. The van der Waals surface area contributed by atoms with Crippen molar-refractivity contribution in [2.75, 3.05) is 18.0 Å². The number of hydrogen-bond acceptors (Lipinski definition) is 4. The zero-order valence-corrected chi connectivity index (χ0v) is 13.1. The van der Waals surface area contributed by atoms with Crippen LogP contribution in [0.1, 0.15) is 39.7 Å². The number of ether oxygens (including phenoxy) is 1. The van der Waals surface area contributed by atoms with Crippen molar-refractivity contribution in [3.05, 3.63) is 23.9 Å². The maximum atomic E-state index is 6.11. The van der Waals surface area contributed by atoms with Gasteiger partial charge in [0, 0.05) is 25.3 Å². The van der Waals surface area contributed by atoms with Crippen LogP contribution in [-0.4, -0.2) is 35.8 Å². The average molecular weight is 277 g/mol. The molecule has 0 radical (unpaired) electrons. The lowest BCUT2D eigenvalue weighted by Gasteiger charge is -2.43. The Morgan fingerprint density at radius 3 is 2.95 bits per heavy atom. The van der Waals surface area contributed by atoms with Crippen LogP contribution in [0.2, 0.25) is 0 Å². The van der Waals surface area contributed by atoms with E-state index in [-0.39, 0.29) is 17.7 Å². The summed E-state index contributed by atoms with van der Waals surface area (Å²) in [6, 6.07) is 4.34. The third kappa shape index (κ3) is 3.70. The van der Waals surface area contributed by atoms with Crippen LogP contribution in [0.4, 0.5) is 5.82 Å². The second-order valence-electron chi connectivity index (χ2n) is 6.43. The van der Waals surface area contributed by atoms with Crippen LogP contribution >= 0.6 is 0 Å². The maximum Gasteiger partial charge on any atom is 0.131 e. The lowest BCUT2D eigenvalue weighted by molar-refractivity contribution is -0.0752. The van der Waals surface area contributed by atoms with Crippen molar-refractivity contribution in [2.45, 2.75) is 58.3 Å². The highest BCUT2D eigenvalue weighted by atomic mass is 16.5. The molecule has 1 saturated heterocycles. The number of nitrogens with two attached hydrogens (primary N) is 1. The molecule has 1 fully saturated rings. The van der Waals surface area contributed by atoms with E-state index >= 15 is 0 Å². The first kappa shape index (κ1) is 15.3. The van der Waals surface area contributed by atoms with E-state index in [1.54, 1.807) is 0 Å². The van der Waals surface area contributed by atoms with E-state index in [1.807, 2.05) is 12.3 Å². The molecule has 2 heterocycles. The number of rotatable bonds is 4. The number of morpholine rings is 1. The number of nitrogens with zero attached hydrogens (tertiary/aromatic N) is 2. The molecule has 112 valence electrons. The van der Waals surface area contributed by atoms with Crippen LogP contribution in [0, 0.1) is 0 Å². The first-order valence-corrected chi connectivity index (χ1v) is 7.53. The van der Waals surface area contributed by atoms with E-state index < -0.39 is 0 Å². The van der Waals surface area contributed by atoms with E-state index in [0.29, 0.717) is 0 Å². The highest BCUT2D eigenvalue weighted by molar-refractivity contribution is 5.48. The molecule has 1 aromatic heterocycles. The van der Waals surface area contributed by atoms with Gasteiger partial charge in [0.25, 0.3) is 0 Å². The van der Waals surface area contributed by atoms with Gasteiger partial charge in [-0.2, -0.15) is 0 Å². The molecule has 2 rings (SSSR count). The van der Waals surface area contributed by atoms with Gasteiger partial charge in [-0.3, -0.25) is 0 Å². The first-order valence-electron chi connectivity index (χ1n) is 7.53. The van der Waals surface area contributed by atoms with Gasteiger partial charge in [0.15, 0.2) is 0 Å². The summed E-state index contributed by atoms with van der Waals surface area (Å²) in [7, 11) is 0. The van der Waals surface area contributed by atoms with Crippen molar-refractivity contribution in [2.24, 2.45) is 5.73 Å². The fourth-order valence-electron chi connectivity index (χ4n) is 2.92. The number of pyridine rings is 1. The van der Waals surface area contributed by atoms with Crippen LogP contribution in [0.5, 0.6) is 0 Å². The molecule has 0 saturated carbocycles. The molecule has 0 aliphatic carbocycles. The fraction of sp³-hybridized carbons (Fsp3) is 0.688. The van der Waals surface area contributed by atoms with Crippen LogP contribution in [0.15, 0.2) is 18.3 Å². The van der Waals surface area contributed by atoms with Gasteiger partial charge in [-0.05, 0) is 45.2 Å². The summed E-state index contributed by atoms with van der Waals surface area (Å²) in [5.41, 5.74) is 7.22. The van der Waals surface area contributed by atoms with Crippen molar-refractivity contribution >= 4 is 5.82 Å². The Morgan fingerprint density at radius 1 is 1.55 bits per heavy atom. The molecule has 1 aliphatic rings. The molecule has 2 atom stereocenters. The highest BCUT2D eigenvalue weighted by Gasteiger charge is 2.32. The molecule has 20 heavy (non-hydrogen) atoms. The third-order valence-corrected chi connectivity index (χ3v) is 3.74. The Bertz CT molecular complexity index is 447. The molecule has 4 nitrogen and oxygen atoms in total. The quantitative estimate of drug-likeness (QED) is 0.918. The predicted octanol–water partition coefficient (Wildman–Crippen LogP) is 2.37. The summed E-state index contributed by atoms with van der Waals surface area (Å²) < 4.78 is 5.97. The Labute approximate surface area is 122 Å². The standard InChI is InChI=1S/C16H27N3O/c1-5-14(17)9-13-7-6-8-18-15(13)19-10-12(2)20-16(3,4)11-19/h6-8,12,14H,5,9-11,17H2,1-4H3. The van der Waals surface area contributed by atoms with Crippen molar-refractivity contribution in [3.63, 3.8) is 0 Å². The van der Waals surface area contributed by atoms with Gasteiger partial charge in [0.2, 0.25) is 0 Å². The SMILES string of the molecule is CCC(N)Cc1cccnc1N1CC(C)OC(C)(C)C1. The molecule has 0 bridgehead atoms. The molecule has 1 aliphatic heterocycles. The van der Waals surface area contributed by atoms with E-state index in [1.165, 1.54) is 5.56 Å². The largest absolute Gasteiger partial charge is 0.369 e. The van der Waals surface area contributed by atoms with Crippen molar-refractivity contribution < 1.29 is 4.74 Å². The molecule has 0 amide bonds. The topological polar surface area (TPSA) is 51.4 Å². The summed E-state index contributed by atoms with van der Waals surface area (Å²) in [5, 5.41) is 0. The van der Waals surface area contributed by atoms with Gasteiger partial charge in [-0.1, -0.05) is 13.0 Å². The van der Waals surface area contributed by atoms with Gasteiger partial charge in [-0.25, -0.2) is 4.98 Å². The smallest absolute Gasteiger partial charge is 0.131 e. The second kappa shape index (κ2) is 6.10. The minimum atomic E-state index is -0.140.